The Morgan fingerprint density at radius 2 is 1.58 bits per heavy atom. The summed E-state index contributed by atoms with van der Waals surface area (Å²) in [6, 6.07) is 12.6. The van der Waals surface area contributed by atoms with Crippen molar-refractivity contribution in [1.29, 1.82) is 0 Å². The maximum atomic E-state index is 16.5. The molecule has 0 bridgehead atoms. The van der Waals surface area contributed by atoms with Crippen molar-refractivity contribution in [3.8, 4) is 6.01 Å². The van der Waals surface area contributed by atoms with Gasteiger partial charge in [-0.2, -0.15) is 9.97 Å². The Morgan fingerprint density at radius 1 is 0.789 bits per heavy atom. The topological polar surface area (TPSA) is 44.7 Å². The predicted octanol–water partition coefficient (Wildman–Crippen LogP) is 6.24. The third-order valence-electron chi connectivity index (χ3n) is 9.33. The summed E-state index contributed by atoms with van der Waals surface area (Å²) in [4.78, 5) is 16.7. The lowest BCUT2D eigenvalue weighted by Crippen LogP contribution is -2.43. The molecular weight excluding hydrogens is 477 g/mol. The normalized spacial score (nSPS) is 21.4. The average Bonchev–Trinajstić information content (AvgIpc) is 3.41. The maximum Gasteiger partial charge on any atom is 0.319 e. The Bertz CT molecular complexity index is 1310. The van der Waals surface area contributed by atoms with E-state index < -0.39 is 0 Å². The molecule has 4 aliphatic heterocycles. The monoisotopic (exact) mass is 515 g/mol. The number of para-hydroxylation sites is 1. The Kier molecular flexibility index (Phi) is 6.35. The minimum Gasteiger partial charge on any atom is -0.461 e. The van der Waals surface area contributed by atoms with E-state index in [1.807, 2.05) is 18.2 Å². The van der Waals surface area contributed by atoms with Crippen molar-refractivity contribution in [2.45, 2.75) is 69.7 Å². The van der Waals surface area contributed by atoms with E-state index in [-0.39, 0.29) is 11.4 Å². The van der Waals surface area contributed by atoms with Gasteiger partial charge in [0.05, 0.1) is 11.2 Å². The van der Waals surface area contributed by atoms with Crippen LogP contribution in [0.2, 0.25) is 0 Å². The molecular formula is C31H38FN5O. The Balaban J connectivity index is 1.30. The molecule has 0 radical (unpaired) electrons. The fraction of sp³-hybridized carbons (Fsp3) is 0.548. The van der Waals surface area contributed by atoms with Gasteiger partial charge in [-0.15, -0.1) is 0 Å². The number of nitrogens with zero attached hydrogens (tertiary/aromatic N) is 5. The predicted molar refractivity (Wildman–Crippen MR) is 150 cm³/mol. The lowest BCUT2D eigenvalue weighted by atomic mass is 9.95. The molecule has 3 aromatic rings. The van der Waals surface area contributed by atoms with Crippen molar-refractivity contribution in [2.75, 3.05) is 49.1 Å². The minimum absolute atomic E-state index is 0.0962. The molecule has 0 N–H and O–H groups in total. The number of halogens is 1. The third-order valence-corrected chi connectivity index (χ3v) is 9.33. The van der Waals surface area contributed by atoms with Gasteiger partial charge >= 0.3 is 6.01 Å². The van der Waals surface area contributed by atoms with E-state index in [0.717, 1.165) is 88.1 Å². The van der Waals surface area contributed by atoms with E-state index in [4.69, 9.17) is 14.7 Å². The zero-order valence-corrected chi connectivity index (χ0v) is 22.3. The quantitative estimate of drug-likeness (QED) is 0.401. The highest BCUT2D eigenvalue weighted by Gasteiger charge is 2.45. The smallest absolute Gasteiger partial charge is 0.319 e. The van der Waals surface area contributed by atoms with Gasteiger partial charge in [0.1, 0.15) is 17.9 Å². The number of anilines is 3. The number of ether oxygens (including phenoxy) is 1. The summed E-state index contributed by atoms with van der Waals surface area (Å²) in [5.41, 5.74) is 3.43. The molecule has 38 heavy (non-hydrogen) atoms. The van der Waals surface area contributed by atoms with Crippen molar-refractivity contribution in [3.63, 3.8) is 0 Å². The molecule has 2 aromatic carbocycles. The van der Waals surface area contributed by atoms with E-state index in [1.54, 1.807) is 0 Å². The highest BCUT2D eigenvalue weighted by molar-refractivity contribution is 5.93. The molecule has 0 unspecified atom stereocenters. The molecule has 3 fully saturated rings. The second kappa shape index (κ2) is 9.99. The average molecular weight is 516 g/mol. The van der Waals surface area contributed by atoms with Crippen LogP contribution in [-0.2, 0) is 6.42 Å². The summed E-state index contributed by atoms with van der Waals surface area (Å²) in [5.74, 6) is 0.549. The van der Waals surface area contributed by atoms with Crippen LogP contribution in [0.5, 0.6) is 6.01 Å². The molecule has 6 nitrogen and oxygen atoms in total. The van der Waals surface area contributed by atoms with E-state index in [0.29, 0.717) is 23.8 Å². The van der Waals surface area contributed by atoms with Crippen LogP contribution < -0.4 is 14.5 Å². The van der Waals surface area contributed by atoms with Crippen molar-refractivity contribution < 1.29 is 9.13 Å². The molecule has 4 aliphatic rings. The number of hydrogen-bond acceptors (Lipinski definition) is 6. The fourth-order valence-electron chi connectivity index (χ4n) is 7.36. The van der Waals surface area contributed by atoms with Gasteiger partial charge in [-0.25, -0.2) is 4.39 Å². The number of benzene rings is 2. The number of rotatable bonds is 5. The largest absolute Gasteiger partial charge is 0.461 e. The van der Waals surface area contributed by atoms with Gasteiger partial charge < -0.3 is 14.5 Å². The lowest BCUT2D eigenvalue weighted by molar-refractivity contribution is 0.108. The zero-order valence-electron chi connectivity index (χ0n) is 22.3. The number of aromatic nitrogens is 2. The van der Waals surface area contributed by atoms with Crippen LogP contribution in [0.4, 0.5) is 21.6 Å². The highest BCUT2D eigenvalue weighted by Crippen LogP contribution is 2.41. The van der Waals surface area contributed by atoms with Crippen LogP contribution in [0.25, 0.3) is 10.9 Å². The van der Waals surface area contributed by atoms with Crippen molar-refractivity contribution in [2.24, 2.45) is 0 Å². The molecule has 0 saturated carbocycles. The summed E-state index contributed by atoms with van der Waals surface area (Å²) in [6.07, 6.45) is 11.5. The van der Waals surface area contributed by atoms with Crippen LogP contribution in [0.15, 0.2) is 36.4 Å². The molecule has 1 aromatic heterocycles. The van der Waals surface area contributed by atoms with Gasteiger partial charge in [0.2, 0.25) is 0 Å². The zero-order chi connectivity index (χ0) is 25.5. The number of fused-ring (bicyclic) bond motifs is 3. The van der Waals surface area contributed by atoms with Gasteiger partial charge in [-0.05, 0) is 88.2 Å². The molecule has 0 atom stereocenters. The first-order chi connectivity index (χ1) is 18.7. The lowest BCUT2D eigenvalue weighted by Gasteiger charge is -2.32. The number of hydrogen-bond donors (Lipinski definition) is 0. The molecule has 0 amide bonds. The number of aryl methyl sites for hydroxylation is 1. The Labute approximate surface area is 224 Å². The first-order valence-electron chi connectivity index (χ1n) is 14.7. The Hall–Kier alpha value is -2.93. The first-order valence-corrected chi connectivity index (χ1v) is 14.7. The highest BCUT2D eigenvalue weighted by atomic mass is 19.1. The summed E-state index contributed by atoms with van der Waals surface area (Å²) >= 11 is 0. The van der Waals surface area contributed by atoms with Gasteiger partial charge in [-0.1, -0.05) is 31.0 Å². The second-order valence-electron chi connectivity index (χ2n) is 11.6. The van der Waals surface area contributed by atoms with Crippen LogP contribution in [0.1, 0.15) is 63.4 Å². The first kappa shape index (κ1) is 24.1. The molecule has 5 heterocycles. The standard InChI is InChI=1S/C31H38FN5O/c32-27-26(37-21-7-11-23-10-3-4-12-25(23)37)14-13-24-28(27)33-30(34-29(24)35-17-5-1-2-6-18-35)38-22-31-15-8-19-36(31)20-9-16-31/h3-4,10,12-14H,1-2,5-9,11,15-22H2. The van der Waals surface area contributed by atoms with Crippen LogP contribution >= 0.6 is 0 Å². The van der Waals surface area contributed by atoms with Gasteiger partial charge in [0.25, 0.3) is 0 Å². The van der Waals surface area contributed by atoms with Crippen LogP contribution in [0.3, 0.4) is 0 Å². The van der Waals surface area contributed by atoms with Gasteiger partial charge in [0.15, 0.2) is 5.82 Å². The fourth-order valence-corrected chi connectivity index (χ4v) is 7.36. The molecule has 0 spiro atoms. The summed E-state index contributed by atoms with van der Waals surface area (Å²) < 4.78 is 22.9. The van der Waals surface area contributed by atoms with E-state index in [9.17, 15) is 0 Å². The summed E-state index contributed by atoms with van der Waals surface area (Å²) in [7, 11) is 0. The van der Waals surface area contributed by atoms with Gasteiger partial charge in [0, 0.05) is 30.7 Å². The third kappa shape index (κ3) is 4.19. The van der Waals surface area contributed by atoms with E-state index >= 15 is 4.39 Å². The second-order valence-corrected chi connectivity index (χ2v) is 11.6. The van der Waals surface area contributed by atoms with E-state index in [2.05, 4.69) is 32.9 Å². The Morgan fingerprint density at radius 3 is 2.39 bits per heavy atom. The minimum atomic E-state index is -0.274. The SMILES string of the molecule is Fc1c(N2CCCc3ccccc32)ccc2c(N3CCCCCC3)nc(OCC34CCCN3CCC4)nc12. The van der Waals surface area contributed by atoms with Crippen molar-refractivity contribution in [3.05, 3.63) is 47.8 Å². The van der Waals surface area contributed by atoms with Crippen molar-refractivity contribution >= 4 is 28.1 Å². The van der Waals surface area contributed by atoms with Crippen molar-refractivity contribution in [1.82, 2.24) is 14.9 Å². The molecule has 0 aliphatic carbocycles. The van der Waals surface area contributed by atoms with Crippen LogP contribution in [0, 0.1) is 5.82 Å². The molecule has 7 heteroatoms. The van der Waals surface area contributed by atoms with Gasteiger partial charge in [-0.3, -0.25) is 4.90 Å². The maximum absolute atomic E-state index is 16.5. The van der Waals surface area contributed by atoms with Crippen LogP contribution in [-0.4, -0.2) is 59.7 Å². The molecule has 200 valence electrons. The molecule has 3 saturated heterocycles. The molecule has 7 rings (SSSR count). The summed E-state index contributed by atoms with van der Waals surface area (Å²) in [6.45, 7) is 5.55. The summed E-state index contributed by atoms with van der Waals surface area (Å²) in [5, 5.41) is 0.785. The van der Waals surface area contributed by atoms with E-state index in [1.165, 1.54) is 31.2 Å².